The van der Waals surface area contributed by atoms with Crippen LogP contribution in [0.2, 0.25) is 0 Å². The summed E-state index contributed by atoms with van der Waals surface area (Å²) in [6.45, 7) is 1.92. The number of carbonyl (C=O) groups is 1. The molecule has 86 valence electrons. The van der Waals surface area contributed by atoms with Crippen molar-refractivity contribution in [2.24, 2.45) is 0 Å². The Morgan fingerprint density at radius 1 is 1.12 bits per heavy atom. The van der Waals surface area contributed by atoms with E-state index >= 15 is 0 Å². The number of nitrogens with zero attached hydrogens (tertiary/aromatic N) is 1. The van der Waals surface area contributed by atoms with E-state index in [1.807, 2.05) is 4.90 Å². The second-order valence-electron chi connectivity index (χ2n) is 4.77. The molecule has 16 heavy (non-hydrogen) atoms. The van der Waals surface area contributed by atoms with Crippen molar-refractivity contribution in [2.75, 3.05) is 13.1 Å². The fourth-order valence-corrected chi connectivity index (χ4v) is 3.91. The van der Waals surface area contributed by atoms with Gasteiger partial charge in [-0.2, -0.15) is 0 Å². The maximum Gasteiger partial charge on any atom is 0.263 e. The quantitative estimate of drug-likeness (QED) is 0.733. The van der Waals surface area contributed by atoms with Gasteiger partial charge in [-0.05, 0) is 50.2 Å². The van der Waals surface area contributed by atoms with Crippen LogP contribution in [0.15, 0.2) is 6.07 Å². The van der Waals surface area contributed by atoms with Crippen molar-refractivity contribution >= 4 is 17.2 Å². The van der Waals surface area contributed by atoms with Crippen LogP contribution in [0.3, 0.4) is 0 Å². The Morgan fingerprint density at radius 2 is 1.94 bits per heavy atom. The van der Waals surface area contributed by atoms with Crippen LogP contribution < -0.4 is 0 Å². The summed E-state index contributed by atoms with van der Waals surface area (Å²) < 4.78 is 0. The minimum Gasteiger partial charge on any atom is -0.338 e. The summed E-state index contributed by atoms with van der Waals surface area (Å²) in [5.74, 6) is 0.277. The molecule has 0 radical (unpaired) electrons. The molecule has 2 heterocycles. The molecule has 2 nitrogen and oxygen atoms in total. The molecule has 1 aromatic heterocycles. The number of carbonyl (C=O) groups excluding carboxylic acids is 1. The fourth-order valence-electron chi connectivity index (χ4n) is 2.69. The van der Waals surface area contributed by atoms with Crippen molar-refractivity contribution in [3.63, 3.8) is 0 Å². The lowest BCUT2D eigenvalue weighted by Gasteiger charge is -2.26. The third-order valence-electron chi connectivity index (χ3n) is 3.60. The third-order valence-corrected chi connectivity index (χ3v) is 4.83. The fraction of sp³-hybridized carbons (Fsp3) is 0.615. The van der Waals surface area contributed by atoms with Gasteiger partial charge in [-0.3, -0.25) is 4.79 Å². The molecular formula is C13H17NOS. The lowest BCUT2D eigenvalue weighted by molar-refractivity contribution is 0.0729. The minimum absolute atomic E-state index is 0.277. The molecule has 0 spiro atoms. The smallest absolute Gasteiger partial charge is 0.263 e. The molecule has 3 heteroatoms. The topological polar surface area (TPSA) is 20.3 Å². The summed E-state index contributed by atoms with van der Waals surface area (Å²) >= 11 is 1.73. The first-order valence-electron chi connectivity index (χ1n) is 6.25. The highest BCUT2D eigenvalue weighted by Gasteiger charge is 2.23. The molecule has 0 aromatic carbocycles. The van der Waals surface area contributed by atoms with Gasteiger partial charge in [0.25, 0.3) is 5.91 Å². The molecule has 0 N–H and O–H groups in total. The zero-order valence-corrected chi connectivity index (χ0v) is 10.3. The van der Waals surface area contributed by atoms with Crippen molar-refractivity contribution in [3.8, 4) is 0 Å². The molecule has 0 bridgehead atoms. The van der Waals surface area contributed by atoms with Gasteiger partial charge in [0.05, 0.1) is 4.88 Å². The Hall–Kier alpha value is -0.830. The van der Waals surface area contributed by atoms with Crippen molar-refractivity contribution in [3.05, 3.63) is 21.4 Å². The summed E-state index contributed by atoms with van der Waals surface area (Å²) in [4.78, 5) is 16.7. The molecule has 1 amide bonds. The Morgan fingerprint density at radius 3 is 2.69 bits per heavy atom. The predicted octanol–water partition coefficient (Wildman–Crippen LogP) is 2.86. The number of piperidine rings is 1. The van der Waals surface area contributed by atoms with Gasteiger partial charge < -0.3 is 4.90 Å². The molecule has 2 aliphatic rings. The first kappa shape index (κ1) is 10.3. The minimum atomic E-state index is 0.277. The van der Waals surface area contributed by atoms with Crippen molar-refractivity contribution in [2.45, 2.75) is 38.5 Å². The first-order valence-corrected chi connectivity index (χ1v) is 7.07. The van der Waals surface area contributed by atoms with Gasteiger partial charge in [-0.25, -0.2) is 0 Å². The van der Waals surface area contributed by atoms with Gasteiger partial charge in [0.15, 0.2) is 0 Å². The number of hydrogen-bond acceptors (Lipinski definition) is 2. The van der Waals surface area contributed by atoms with Crippen molar-refractivity contribution < 1.29 is 4.79 Å². The maximum atomic E-state index is 12.2. The summed E-state index contributed by atoms with van der Waals surface area (Å²) in [6, 6.07) is 2.14. The number of hydrogen-bond donors (Lipinski definition) is 0. The van der Waals surface area contributed by atoms with E-state index in [1.54, 1.807) is 11.3 Å². The Kier molecular flexibility index (Phi) is 2.72. The average molecular weight is 235 g/mol. The summed E-state index contributed by atoms with van der Waals surface area (Å²) in [5, 5.41) is 0. The highest BCUT2D eigenvalue weighted by atomic mass is 32.1. The van der Waals surface area contributed by atoms with Crippen molar-refractivity contribution in [1.82, 2.24) is 4.90 Å². The Balaban J connectivity index is 1.78. The highest BCUT2D eigenvalue weighted by Crippen LogP contribution is 2.31. The predicted molar refractivity (Wildman–Crippen MR) is 66.1 cm³/mol. The molecule has 1 saturated heterocycles. The van der Waals surface area contributed by atoms with E-state index in [2.05, 4.69) is 6.07 Å². The van der Waals surface area contributed by atoms with Crippen LogP contribution >= 0.6 is 11.3 Å². The van der Waals surface area contributed by atoms with E-state index < -0.39 is 0 Å². The van der Waals surface area contributed by atoms with Gasteiger partial charge in [0.2, 0.25) is 0 Å². The van der Waals surface area contributed by atoms with Crippen LogP contribution in [0.4, 0.5) is 0 Å². The zero-order valence-electron chi connectivity index (χ0n) is 9.50. The lowest BCUT2D eigenvalue weighted by atomic mass is 10.1. The normalized spacial score (nSPS) is 19.9. The monoisotopic (exact) mass is 235 g/mol. The second-order valence-corrected chi connectivity index (χ2v) is 5.90. The van der Waals surface area contributed by atoms with Crippen LogP contribution in [0.1, 0.15) is 45.8 Å². The molecule has 0 saturated carbocycles. The van der Waals surface area contributed by atoms with Gasteiger partial charge in [0, 0.05) is 18.0 Å². The van der Waals surface area contributed by atoms with Gasteiger partial charge in [0.1, 0.15) is 0 Å². The van der Waals surface area contributed by atoms with E-state index in [0.717, 1.165) is 18.0 Å². The van der Waals surface area contributed by atoms with E-state index in [9.17, 15) is 4.79 Å². The third kappa shape index (κ3) is 1.77. The van der Waals surface area contributed by atoms with Gasteiger partial charge in [-0.1, -0.05) is 0 Å². The number of fused-ring (bicyclic) bond motifs is 1. The van der Waals surface area contributed by atoms with Crippen LogP contribution in [-0.2, 0) is 12.8 Å². The number of rotatable bonds is 1. The summed E-state index contributed by atoms with van der Waals surface area (Å²) in [6.07, 6.45) is 7.28. The molecular weight excluding hydrogens is 218 g/mol. The van der Waals surface area contributed by atoms with Gasteiger partial charge in [-0.15, -0.1) is 11.3 Å². The molecule has 3 rings (SSSR count). The number of amides is 1. The van der Waals surface area contributed by atoms with Gasteiger partial charge >= 0.3 is 0 Å². The van der Waals surface area contributed by atoms with Crippen LogP contribution in [0, 0.1) is 0 Å². The van der Waals surface area contributed by atoms with Crippen LogP contribution in [0.25, 0.3) is 0 Å². The van der Waals surface area contributed by atoms with E-state index in [1.165, 1.54) is 49.0 Å². The van der Waals surface area contributed by atoms with Crippen LogP contribution in [0.5, 0.6) is 0 Å². The lowest BCUT2D eigenvalue weighted by Crippen LogP contribution is -2.35. The summed E-state index contributed by atoms with van der Waals surface area (Å²) in [5.41, 5.74) is 1.44. The Bertz CT molecular complexity index is 383. The first-order chi connectivity index (χ1) is 7.84. The van der Waals surface area contributed by atoms with Crippen LogP contribution in [-0.4, -0.2) is 23.9 Å². The standard InChI is InChI=1S/C13H17NOS/c15-13(14-7-2-1-3-8-14)12-9-10-5-4-6-11(10)16-12/h9H,1-8H2. The maximum absolute atomic E-state index is 12.2. The average Bonchev–Trinajstić information content (AvgIpc) is 2.89. The summed E-state index contributed by atoms with van der Waals surface area (Å²) in [7, 11) is 0. The van der Waals surface area contributed by atoms with E-state index in [-0.39, 0.29) is 5.91 Å². The largest absolute Gasteiger partial charge is 0.338 e. The zero-order chi connectivity index (χ0) is 11.0. The SMILES string of the molecule is O=C(c1cc2c(s1)CCC2)N1CCCCC1. The number of thiophene rings is 1. The van der Waals surface area contributed by atoms with Crippen molar-refractivity contribution in [1.29, 1.82) is 0 Å². The second kappa shape index (κ2) is 4.21. The molecule has 0 unspecified atom stereocenters. The molecule has 1 aliphatic heterocycles. The number of likely N-dealkylation sites (tertiary alicyclic amines) is 1. The molecule has 0 atom stereocenters. The molecule has 1 aliphatic carbocycles. The molecule has 1 fully saturated rings. The Labute approximate surface area is 100 Å². The van der Waals surface area contributed by atoms with E-state index in [0.29, 0.717) is 0 Å². The highest BCUT2D eigenvalue weighted by molar-refractivity contribution is 7.14. The van der Waals surface area contributed by atoms with E-state index in [4.69, 9.17) is 0 Å². The molecule has 1 aromatic rings. The number of aryl methyl sites for hydroxylation is 2.